The Balaban J connectivity index is 1.78. The van der Waals surface area contributed by atoms with E-state index in [-0.39, 0.29) is 0 Å². The molecule has 3 nitrogen and oxygen atoms in total. The molecule has 3 aromatic carbocycles. The first-order valence-electron chi connectivity index (χ1n) is 9.99. The van der Waals surface area contributed by atoms with Crippen molar-refractivity contribution in [2.45, 2.75) is 19.9 Å². The van der Waals surface area contributed by atoms with E-state index >= 15 is 0 Å². The molecule has 0 spiro atoms. The molecular formula is C25H24N2O. The summed E-state index contributed by atoms with van der Waals surface area (Å²) in [5, 5.41) is 3.93. The Morgan fingerprint density at radius 3 is 2.61 bits per heavy atom. The summed E-state index contributed by atoms with van der Waals surface area (Å²) in [6.45, 7) is 4.71. The molecule has 140 valence electrons. The number of aromatic nitrogens is 1. The minimum Gasteiger partial charge on any atom is -0.494 e. The molecule has 0 radical (unpaired) electrons. The molecule has 0 saturated heterocycles. The number of pyridine rings is 1. The molecule has 0 bridgehead atoms. The van der Waals surface area contributed by atoms with Gasteiger partial charge in [-0.3, -0.25) is 0 Å². The summed E-state index contributed by atoms with van der Waals surface area (Å²) in [7, 11) is 2.19. The van der Waals surface area contributed by atoms with Gasteiger partial charge in [-0.15, -0.1) is 0 Å². The Kier molecular flexibility index (Phi) is 4.25. The molecular weight excluding hydrogens is 344 g/mol. The van der Waals surface area contributed by atoms with E-state index in [4.69, 9.17) is 9.72 Å². The van der Waals surface area contributed by atoms with Crippen molar-refractivity contribution in [1.29, 1.82) is 0 Å². The molecule has 0 fully saturated rings. The summed E-state index contributed by atoms with van der Waals surface area (Å²) in [6.07, 6.45) is 1.06. The van der Waals surface area contributed by atoms with Gasteiger partial charge in [0.25, 0.3) is 0 Å². The van der Waals surface area contributed by atoms with Crippen LogP contribution in [0, 0.1) is 0 Å². The SMILES string of the molecule is CCOc1ccc(-c2nc3ccc4ccccc4c3c3c2CN(C)CC3)cc1. The van der Waals surface area contributed by atoms with Crippen LogP contribution >= 0.6 is 0 Å². The number of benzene rings is 3. The summed E-state index contributed by atoms with van der Waals surface area (Å²) >= 11 is 0. The van der Waals surface area contributed by atoms with Gasteiger partial charge in [0.2, 0.25) is 0 Å². The van der Waals surface area contributed by atoms with Gasteiger partial charge in [0.1, 0.15) is 5.75 Å². The van der Waals surface area contributed by atoms with Gasteiger partial charge in [0.05, 0.1) is 17.8 Å². The first-order chi connectivity index (χ1) is 13.7. The number of rotatable bonds is 3. The van der Waals surface area contributed by atoms with Gasteiger partial charge in [0.15, 0.2) is 0 Å². The third-order valence-electron chi connectivity index (χ3n) is 5.70. The first kappa shape index (κ1) is 17.2. The number of fused-ring (bicyclic) bond motifs is 5. The Morgan fingerprint density at radius 2 is 1.79 bits per heavy atom. The zero-order valence-electron chi connectivity index (χ0n) is 16.4. The molecule has 0 atom stereocenters. The molecule has 0 aliphatic carbocycles. The second kappa shape index (κ2) is 6.92. The van der Waals surface area contributed by atoms with Crippen LogP contribution < -0.4 is 4.74 Å². The number of hydrogen-bond donors (Lipinski definition) is 0. The van der Waals surface area contributed by atoms with E-state index in [0.29, 0.717) is 6.61 Å². The van der Waals surface area contributed by atoms with Gasteiger partial charge in [-0.25, -0.2) is 4.98 Å². The molecule has 1 aromatic heterocycles. The van der Waals surface area contributed by atoms with Crippen molar-refractivity contribution in [3.05, 3.63) is 71.8 Å². The smallest absolute Gasteiger partial charge is 0.119 e. The van der Waals surface area contributed by atoms with Gasteiger partial charge >= 0.3 is 0 Å². The summed E-state index contributed by atoms with van der Waals surface area (Å²) in [6, 6.07) is 21.4. The fourth-order valence-corrected chi connectivity index (χ4v) is 4.36. The van der Waals surface area contributed by atoms with Gasteiger partial charge in [0, 0.05) is 24.0 Å². The van der Waals surface area contributed by atoms with E-state index in [2.05, 4.69) is 60.5 Å². The summed E-state index contributed by atoms with van der Waals surface area (Å²) in [5.74, 6) is 0.906. The van der Waals surface area contributed by atoms with Crippen LogP contribution in [0.3, 0.4) is 0 Å². The molecule has 2 heterocycles. The maximum Gasteiger partial charge on any atom is 0.119 e. The second-order valence-corrected chi connectivity index (χ2v) is 7.54. The molecule has 3 heteroatoms. The minimum atomic E-state index is 0.681. The highest BCUT2D eigenvalue weighted by molar-refractivity contribution is 6.09. The third kappa shape index (κ3) is 2.83. The van der Waals surface area contributed by atoms with Gasteiger partial charge in [-0.1, -0.05) is 30.3 Å². The lowest BCUT2D eigenvalue weighted by Crippen LogP contribution is -2.27. The molecule has 4 aromatic rings. The van der Waals surface area contributed by atoms with Crippen LogP contribution in [0.5, 0.6) is 5.75 Å². The van der Waals surface area contributed by atoms with Gasteiger partial charge in [-0.05, 0) is 72.6 Å². The van der Waals surface area contributed by atoms with Crippen LogP contribution in [-0.4, -0.2) is 30.1 Å². The lowest BCUT2D eigenvalue weighted by Gasteiger charge is -2.28. The number of ether oxygens (including phenoxy) is 1. The predicted molar refractivity (Wildman–Crippen MR) is 116 cm³/mol. The summed E-state index contributed by atoms with van der Waals surface area (Å²) in [4.78, 5) is 7.54. The quantitative estimate of drug-likeness (QED) is 0.450. The van der Waals surface area contributed by atoms with E-state index in [1.807, 2.05) is 19.1 Å². The highest BCUT2D eigenvalue weighted by Gasteiger charge is 2.22. The molecule has 0 unspecified atom stereocenters. The lowest BCUT2D eigenvalue weighted by atomic mass is 9.89. The predicted octanol–water partition coefficient (Wildman–Crippen LogP) is 5.44. The van der Waals surface area contributed by atoms with Crippen LogP contribution in [0.4, 0.5) is 0 Å². The normalized spacial score (nSPS) is 14.4. The zero-order chi connectivity index (χ0) is 19.1. The fraction of sp³-hybridized carbons (Fsp3) is 0.240. The maximum absolute atomic E-state index is 5.62. The van der Waals surface area contributed by atoms with Crippen LogP contribution in [0.25, 0.3) is 32.9 Å². The average molecular weight is 368 g/mol. The van der Waals surface area contributed by atoms with Crippen LogP contribution in [-0.2, 0) is 13.0 Å². The fourth-order valence-electron chi connectivity index (χ4n) is 4.36. The first-order valence-corrected chi connectivity index (χ1v) is 9.99. The molecule has 1 aliphatic heterocycles. The van der Waals surface area contributed by atoms with E-state index in [1.54, 1.807) is 0 Å². The van der Waals surface area contributed by atoms with Crippen LogP contribution in [0.2, 0.25) is 0 Å². The highest BCUT2D eigenvalue weighted by atomic mass is 16.5. The van der Waals surface area contributed by atoms with Gasteiger partial charge < -0.3 is 9.64 Å². The topological polar surface area (TPSA) is 25.4 Å². The minimum absolute atomic E-state index is 0.681. The van der Waals surface area contributed by atoms with E-state index in [0.717, 1.165) is 42.0 Å². The Labute approximate surface area is 165 Å². The van der Waals surface area contributed by atoms with Crippen molar-refractivity contribution < 1.29 is 4.74 Å². The van der Waals surface area contributed by atoms with E-state index < -0.39 is 0 Å². The molecule has 1 aliphatic rings. The Morgan fingerprint density at radius 1 is 0.964 bits per heavy atom. The van der Waals surface area contributed by atoms with Crippen LogP contribution in [0.15, 0.2) is 60.7 Å². The monoisotopic (exact) mass is 368 g/mol. The average Bonchev–Trinajstić information content (AvgIpc) is 2.73. The lowest BCUT2D eigenvalue weighted by molar-refractivity contribution is 0.314. The molecule has 5 rings (SSSR count). The largest absolute Gasteiger partial charge is 0.494 e. The standard InChI is InChI=1S/C25H24N2O/c1-3-28-19-11-8-18(9-12-19)25-22-16-27(2)15-14-21(22)24-20-7-5-4-6-17(20)10-13-23(24)26-25/h4-13H,3,14-16H2,1-2H3. The maximum atomic E-state index is 5.62. The molecule has 28 heavy (non-hydrogen) atoms. The summed E-state index contributed by atoms with van der Waals surface area (Å²) < 4.78 is 5.62. The third-order valence-corrected chi connectivity index (χ3v) is 5.70. The molecule has 0 saturated carbocycles. The number of likely N-dealkylation sites (N-methyl/N-ethyl adjacent to an activating group) is 1. The summed E-state index contributed by atoms with van der Waals surface area (Å²) in [5.41, 5.74) is 6.17. The van der Waals surface area contributed by atoms with Crippen molar-refractivity contribution in [2.24, 2.45) is 0 Å². The van der Waals surface area contributed by atoms with Crippen molar-refractivity contribution in [1.82, 2.24) is 9.88 Å². The van der Waals surface area contributed by atoms with Gasteiger partial charge in [-0.2, -0.15) is 0 Å². The van der Waals surface area contributed by atoms with Crippen molar-refractivity contribution in [2.75, 3.05) is 20.2 Å². The molecule has 0 N–H and O–H groups in total. The number of nitrogens with zero attached hydrogens (tertiary/aromatic N) is 2. The highest BCUT2D eigenvalue weighted by Crippen LogP contribution is 2.37. The van der Waals surface area contributed by atoms with E-state index in [1.165, 1.54) is 27.3 Å². The van der Waals surface area contributed by atoms with Crippen LogP contribution in [0.1, 0.15) is 18.1 Å². The van der Waals surface area contributed by atoms with Crippen molar-refractivity contribution >= 4 is 21.7 Å². The zero-order valence-corrected chi connectivity index (χ0v) is 16.4. The van der Waals surface area contributed by atoms with E-state index in [9.17, 15) is 0 Å². The molecule has 0 amide bonds. The number of hydrogen-bond acceptors (Lipinski definition) is 3. The van der Waals surface area contributed by atoms with Crippen molar-refractivity contribution in [3.63, 3.8) is 0 Å². The van der Waals surface area contributed by atoms with Crippen molar-refractivity contribution in [3.8, 4) is 17.0 Å². The Hall–Kier alpha value is -2.91. The Bertz CT molecular complexity index is 1160. The second-order valence-electron chi connectivity index (χ2n) is 7.54.